The maximum atomic E-state index is 4.54. The lowest BCUT2D eigenvalue weighted by Crippen LogP contribution is -2.53. The van der Waals surface area contributed by atoms with Crippen molar-refractivity contribution in [3.63, 3.8) is 0 Å². The number of rotatable bonds is 5. The number of hydrogen-bond acceptors (Lipinski definition) is 3. The first-order valence-corrected chi connectivity index (χ1v) is 10.3. The maximum Gasteiger partial charge on any atom is 0.193 e. The Morgan fingerprint density at radius 1 is 1.04 bits per heavy atom. The smallest absolute Gasteiger partial charge is 0.193 e. The Kier molecular flexibility index (Phi) is 9.68. The van der Waals surface area contributed by atoms with Gasteiger partial charge in [-0.15, -0.1) is 24.0 Å². The number of nitrogens with zero attached hydrogens (tertiary/aromatic N) is 4. The van der Waals surface area contributed by atoms with Gasteiger partial charge in [-0.3, -0.25) is 4.99 Å². The molecule has 1 aromatic rings. The minimum atomic E-state index is 0. The summed E-state index contributed by atoms with van der Waals surface area (Å²) in [5.41, 5.74) is 1.33. The number of aliphatic imine (C=N–C) groups is 1. The molecule has 0 amide bonds. The van der Waals surface area contributed by atoms with Gasteiger partial charge in [-0.1, -0.05) is 25.1 Å². The van der Waals surface area contributed by atoms with Crippen LogP contribution in [0.2, 0.25) is 0 Å². The molecule has 0 aromatic heterocycles. The number of piperazine rings is 1. The van der Waals surface area contributed by atoms with Crippen LogP contribution in [-0.4, -0.2) is 75.2 Å². The summed E-state index contributed by atoms with van der Waals surface area (Å²) in [5, 5.41) is 3.65. The predicted octanol–water partition coefficient (Wildman–Crippen LogP) is 3.12. The second-order valence-corrected chi connectivity index (χ2v) is 7.52. The van der Waals surface area contributed by atoms with Crippen molar-refractivity contribution < 1.29 is 0 Å². The van der Waals surface area contributed by atoms with Crippen LogP contribution < -0.4 is 10.2 Å². The Bertz CT molecular complexity index is 549. The van der Waals surface area contributed by atoms with Gasteiger partial charge in [0.15, 0.2) is 5.96 Å². The molecule has 0 bridgehead atoms. The molecule has 3 rings (SSSR count). The first-order valence-electron chi connectivity index (χ1n) is 10.3. The second kappa shape index (κ2) is 11.7. The highest BCUT2D eigenvalue weighted by atomic mass is 127. The molecular formula is C21H36IN5. The van der Waals surface area contributed by atoms with Gasteiger partial charge in [-0.05, 0) is 56.9 Å². The molecule has 5 nitrogen and oxygen atoms in total. The zero-order valence-corrected chi connectivity index (χ0v) is 19.3. The van der Waals surface area contributed by atoms with E-state index in [1.165, 1.54) is 44.6 Å². The lowest BCUT2D eigenvalue weighted by Gasteiger charge is -2.38. The third-order valence-corrected chi connectivity index (χ3v) is 5.71. The van der Waals surface area contributed by atoms with Crippen LogP contribution in [0.25, 0.3) is 0 Å². The van der Waals surface area contributed by atoms with Gasteiger partial charge in [0.2, 0.25) is 0 Å². The molecule has 6 heteroatoms. The van der Waals surface area contributed by atoms with Gasteiger partial charge in [0.25, 0.3) is 0 Å². The standard InChI is InChI=1S/C21H35N5.HI/c1-3-11-24-12-9-19(10-13-24)18-23-21(22-2)26-16-14-25(15-17-26)20-7-5-4-6-8-20;/h4-8,19H,3,9-18H2,1-2H3,(H,22,23);1H. The highest BCUT2D eigenvalue weighted by Crippen LogP contribution is 2.17. The van der Waals surface area contributed by atoms with E-state index in [1.54, 1.807) is 0 Å². The number of guanidine groups is 1. The molecule has 2 aliphatic rings. The molecule has 0 aliphatic carbocycles. The number of likely N-dealkylation sites (tertiary alicyclic amines) is 1. The normalized spacial score (nSPS) is 19.7. The Balaban J connectivity index is 0.00000261. The van der Waals surface area contributed by atoms with Crippen molar-refractivity contribution in [3.8, 4) is 0 Å². The van der Waals surface area contributed by atoms with Crippen molar-refractivity contribution in [2.75, 3.05) is 64.3 Å². The van der Waals surface area contributed by atoms with E-state index in [0.717, 1.165) is 44.6 Å². The van der Waals surface area contributed by atoms with Crippen LogP contribution in [0.4, 0.5) is 5.69 Å². The first kappa shape index (κ1) is 22.3. The molecule has 2 saturated heterocycles. The molecule has 2 fully saturated rings. The van der Waals surface area contributed by atoms with Crippen LogP contribution in [0.5, 0.6) is 0 Å². The molecule has 1 N–H and O–H groups in total. The highest BCUT2D eigenvalue weighted by molar-refractivity contribution is 14.0. The largest absolute Gasteiger partial charge is 0.368 e. The number of hydrogen-bond donors (Lipinski definition) is 1. The van der Waals surface area contributed by atoms with Crippen molar-refractivity contribution in [1.29, 1.82) is 0 Å². The van der Waals surface area contributed by atoms with E-state index in [1.807, 2.05) is 7.05 Å². The fourth-order valence-corrected chi connectivity index (χ4v) is 4.11. The highest BCUT2D eigenvalue weighted by Gasteiger charge is 2.22. The van der Waals surface area contributed by atoms with Gasteiger partial charge < -0.3 is 20.0 Å². The predicted molar refractivity (Wildman–Crippen MR) is 126 cm³/mol. The molecular weight excluding hydrogens is 449 g/mol. The van der Waals surface area contributed by atoms with E-state index >= 15 is 0 Å². The van der Waals surface area contributed by atoms with Crippen LogP contribution >= 0.6 is 24.0 Å². The molecule has 0 atom stereocenters. The van der Waals surface area contributed by atoms with Gasteiger partial charge >= 0.3 is 0 Å². The molecule has 0 unspecified atom stereocenters. The van der Waals surface area contributed by atoms with Crippen LogP contribution in [-0.2, 0) is 0 Å². The average molecular weight is 485 g/mol. The van der Waals surface area contributed by atoms with Crippen molar-refractivity contribution in [1.82, 2.24) is 15.1 Å². The average Bonchev–Trinajstić information content (AvgIpc) is 2.71. The first-order chi connectivity index (χ1) is 12.8. The summed E-state index contributed by atoms with van der Waals surface area (Å²) < 4.78 is 0. The molecule has 2 aliphatic heterocycles. The monoisotopic (exact) mass is 485 g/mol. The van der Waals surface area contributed by atoms with E-state index < -0.39 is 0 Å². The van der Waals surface area contributed by atoms with E-state index in [4.69, 9.17) is 0 Å². The SMILES string of the molecule is CCCN1CCC(CNC(=NC)N2CCN(c3ccccc3)CC2)CC1.I. The topological polar surface area (TPSA) is 34.1 Å². The van der Waals surface area contributed by atoms with E-state index in [0.29, 0.717) is 0 Å². The molecule has 0 radical (unpaired) electrons. The number of piperidine rings is 1. The Hall–Kier alpha value is -1.02. The Labute approximate surface area is 182 Å². The van der Waals surface area contributed by atoms with Gasteiger partial charge in [-0.2, -0.15) is 0 Å². The lowest BCUT2D eigenvalue weighted by atomic mass is 9.97. The minimum absolute atomic E-state index is 0. The van der Waals surface area contributed by atoms with Crippen LogP contribution in [0, 0.1) is 5.92 Å². The van der Waals surface area contributed by atoms with E-state index in [2.05, 4.69) is 62.3 Å². The van der Waals surface area contributed by atoms with Gasteiger partial charge in [0, 0.05) is 45.5 Å². The van der Waals surface area contributed by atoms with Crippen molar-refractivity contribution >= 4 is 35.6 Å². The Morgan fingerprint density at radius 3 is 2.30 bits per heavy atom. The molecule has 2 heterocycles. The zero-order valence-electron chi connectivity index (χ0n) is 16.9. The summed E-state index contributed by atoms with van der Waals surface area (Å²) in [6.45, 7) is 11.3. The van der Waals surface area contributed by atoms with Crippen molar-refractivity contribution in [3.05, 3.63) is 30.3 Å². The number of halogens is 1. The van der Waals surface area contributed by atoms with E-state index in [9.17, 15) is 0 Å². The molecule has 152 valence electrons. The lowest BCUT2D eigenvalue weighted by molar-refractivity contribution is 0.184. The molecule has 27 heavy (non-hydrogen) atoms. The minimum Gasteiger partial charge on any atom is -0.368 e. The fraction of sp³-hybridized carbons (Fsp3) is 0.667. The number of para-hydroxylation sites is 1. The summed E-state index contributed by atoms with van der Waals surface area (Å²) in [5.74, 6) is 1.86. The van der Waals surface area contributed by atoms with Gasteiger partial charge in [0.05, 0.1) is 0 Å². The summed E-state index contributed by atoms with van der Waals surface area (Å²) in [6, 6.07) is 10.7. The number of benzene rings is 1. The zero-order chi connectivity index (χ0) is 18.2. The van der Waals surface area contributed by atoms with Crippen molar-refractivity contribution in [2.45, 2.75) is 26.2 Å². The number of anilines is 1. The van der Waals surface area contributed by atoms with Crippen LogP contribution in [0.3, 0.4) is 0 Å². The molecule has 0 spiro atoms. The summed E-state index contributed by atoms with van der Waals surface area (Å²) in [7, 11) is 1.91. The summed E-state index contributed by atoms with van der Waals surface area (Å²) >= 11 is 0. The summed E-state index contributed by atoms with van der Waals surface area (Å²) in [4.78, 5) is 12.0. The van der Waals surface area contributed by atoms with E-state index in [-0.39, 0.29) is 24.0 Å². The van der Waals surface area contributed by atoms with Gasteiger partial charge in [0.1, 0.15) is 0 Å². The third-order valence-electron chi connectivity index (χ3n) is 5.71. The number of nitrogens with one attached hydrogen (secondary N) is 1. The Morgan fingerprint density at radius 2 is 1.70 bits per heavy atom. The summed E-state index contributed by atoms with van der Waals surface area (Å²) in [6.07, 6.45) is 3.89. The fourth-order valence-electron chi connectivity index (χ4n) is 4.11. The molecule has 0 saturated carbocycles. The quantitative estimate of drug-likeness (QED) is 0.395. The second-order valence-electron chi connectivity index (χ2n) is 7.52. The third kappa shape index (κ3) is 6.52. The van der Waals surface area contributed by atoms with Crippen molar-refractivity contribution in [2.24, 2.45) is 10.9 Å². The van der Waals surface area contributed by atoms with Gasteiger partial charge in [-0.25, -0.2) is 0 Å². The maximum absolute atomic E-state index is 4.54. The molecule has 1 aromatic carbocycles. The van der Waals surface area contributed by atoms with Crippen LogP contribution in [0.15, 0.2) is 35.3 Å². The van der Waals surface area contributed by atoms with Crippen LogP contribution in [0.1, 0.15) is 26.2 Å².